The number of carbonyl (C=O) groups excluding carboxylic acids is 3. The second kappa shape index (κ2) is 8.99. The van der Waals surface area contributed by atoms with Gasteiger partial charge in [0, 0.05) is 11.3 Å². The maximum atomic E-state index is 12.3. The maximum absolute atomic E-state index is 12.3. The van der Waals surface area contributed by atoms with Crippen LogP contribution in [-0.4, -0.2) is 29.9 Å². The summed E-state index contributed by atoms with van der Waals surface area (Å²) in [5.41, 5.74) is 3.85. The maximum Gasteiger partial charge on any atom is 0.339 e. The molecule has 0 aliphatic rings. The molecule has 0 spiro atoms. The van der Waals surface area contributed by atoms with E-state index in [9.17, 15) is 14.4 Å². The first-order valence-corrected chi connectivity index (χ1v) is 10.5. The second-order valence-electron chi connectivity index (χ2n) is 7.01. The Bertz CT molecular complexity index is 1330. The lowest BCUT2D eigenvalue weighted by Crippen LogP contribution is -2.29. The average molecular weight is 446 g/mol. The van der Waals surface area contributed by atoms with Gasteiger partial charge in [-0.3, -0.25) is 9.59 Å². The molecule has 0 saturated carbocycles. The van der Waals surface area contributed by atoms with Gasteiger partial charge in [-0.25, -0.2) is 9.78 Å². The van der Waals surface area contributed by atoms with Gasteiger partial charge in [0.2, 0.25) is 0 Å². The molecular formula is C24H19N3O4S. The van der Waals surface area contributed by atoms with Gasteiger partial charge in [-0.2, -0.15) is 0 Å². The highest BCUT2D eigenvalue weighted by Crippen LogP contribution is 2.31. The van der Waals surface area contributed by atoms with Crippen LogP contribution in [-0.2, 0) is 14.3 Å². The summed E-state index contributed by atoms with van der Waals surface area (Å²) >= 11 is 1.60. The van der Waals surface area contributed by atoms with Crippen molar-refractivity contribution >= 4 is 50.7 Å². The minimum atomic E-state index is -0.896. The number of para-hydroxylation sites is 1. The van der Waals surface area contributed by atoms with E-state index in [0.717, 1.165) is 20.8 Å². The third-order valence-corrected chi connectivity index (χ3v) is 5.79. The highest BCUT2D eigenvalue weighted by Gasteiger charge is 2.18. The topological polar surface area (TPSA) is 97.4 Å². The molecule has 1 aromatic heterocycles. The molecular weight excluding hydrogens is 426 g/mol. The predicted octanol–water partition coefficient (Wildman–Crippen LogP) is 4.64. The number of hydrogen-bond donors (Lipinski definition) is 2. The SMILES string of the molecule is COC(=O)c1ccccc1NC(=O)C(=O)Nc1ccc(-c2nc3ccc(C)cc3s2)cc1. The number of aryl methyl sites for hydroxylation is 1. The Hall–Kier alpha value is -4.04. The average Bonchev–Trinajstić information content (AvgIpc) is 3.22. The number of anilines is 2. The Morgan fingerprint density at radius 1 is 0.906 bits per heavy atom. The van der Waals surface area contributed by atoms with E-state index in [1.54, 1.807) is 35.6 Å². The van der Waals surface area contributed by atoms with Crippen LogP contribution in [0.5, 0.6) is 0 Å². The number of hydrogen-bond acceptors (Lipinski definition) is 6. The third kappa shape index (κ3) is 4.50. The second-order valence-corrected chi connectivity index (χ2v) is 8.04. The molecule has 4 rings (SSSR count). The van der Waals surface area contributed by atoms with Gasteiger partial charge in [0.1, 0.15) is 5.01 Å². The van der Waals surface area contributed by atoms with E-state index in [2.05, 4.69) is 21.7 Å². The Kier molecular flexibility index (Phi) is 5.96. The van der Waals surface area contributed by atoms with Gasteiger partial charge in [-0.05, 0) is 61.0 Å². The van der Waals surface area contributed by atoms with Crippen LogP contribution in [0.2, 0.25) is 0 Å². The third-order valence-electron chi connectivity index (χ3n) is 4.72. The fourth-order valence-corrected chi connectivity index (χ4v) is 4.17. The van der Waals surface area contributed by atoms with Crippen LogP contribution < -0.4 is 10.6 Å². The van der Waals surface area contributed by atoms with Crippen LogP contribution in [0, 0.1) is 6.92 Å². The number of thiazole rings is 1. The molecule has 0 unspecified atom stereocenters. The highest BCUT2D eigenvalue weighted by molar-refractivity contribution is 7.21. The van der Waals surface area contributed by atoms with Crippen LogP contribution in [0.4, 0.5) is 11.4 Å². The molecule has 0 aliphatic heterocycles. The van der Waals surface area contributed by atoms with Gasteiger partial charge in [-0.1, -0.05) is 18.2 Å². The number of carbonyl (C=O) groups is 3. The van der Waals surface area contributed by atoms with Crippen molar-refractivity contribution in [2.45, 2.75) is 6.92 Å². The molecule has 0 aliphatic carbocycles. The Morgan fingerprint density at radius 3 is 2.38 bits per heavy atom. The smallest absolute Gasteiger partial charge is 0.339 e. The normalized spacial score (nSPS) is 10.6. The van der Waals surface area contributed by atoms with E-state index in [-0.39, 0.29) is 11.3 Å². The van der Waals surface area contributed by atoms with Crippen molar-refractivity contribution in [1.29, 1.82) is 0 Å². The molecule has 1 heterocycles. The first-order chi connectivity index (χ1) is 15.4. The van der Waals surface area contributed by atoms with Crippen molar-refractivity contribution in [2.75, 3.05) is 17.7 Å². The van der Waals surface area contributed by atoms with E-state index in [4.69, 9.17) is 4.74 Å². The van der Waals surface area contributed by atoms with E-state index in [0.29, 0.717) is 5.69 Å². The van der Waals surface area contributed by atoms with Crippen LogP contribution in [0.1, 0.15) is 15.9 Å². The molecule has 0 radical (unpaired) electrons. The molecule has 0 fully saturated rings. The largest absolute Gasteiger partial charge is 0.465 e. The lowest BCUT2D eigenvalue weighted by Gasteiger charge is -2.10. The molecule has 0 saturated heterocycles. The van der Waals surface area contributed by atoms with Crippen molar-refractivity contribution < 1.29 is 19.1 Å². The number of esters is 1. The summed E-state index contributed by atoms with van der Waals surface area (Å²) in [5, 5.41) is 5.87. The number of methoxy groups -OCH3 is 1. The number of fused-ring (bicyclic) bond motifs is 1. The molecule has 160 valence electrons. The summed E-state index contributed by atoms with van der Waals surface area (Å²) < 4.78 is 5.80. The van der Waals surface area contributed by atoms with E-state index in [1.165, 1.54) is 24.8 Å². The number of ether oxygens (including phenoxy) is 1. The first kappa shape index (κ1) is 21.2. The van der Waals surface area contributed by atoms with Gasteiger partial charge in [0.05, 0.1) is 28.6 Å². The summed E-state index contributed by atoms with van der Waals surface area (Å²) in [6.45, 7) is 2.04. The van der Waals surface area contributed by atoms with Crippen LogP contribution in [0.25, 0.3) is 20.8 Å². The van der Waals surface area contributed by atoms with Crippen LogP contribution in [0.3, 0.4) is 0 Å². The lowest BCUT2D eigenvalue weighted by atomic mass is 10.2. The number of amides is 2. The van der Waals surface area contributed by atoms with Crippen LogP contribution >= 0.6 is 11.3 Å². The van der Waals surface area contributed by atoms with Gasteiger partial charge in [0.15, 0.2) is 0 Å². The van der Waals surface area contributed by atoms with Gasteiger partial charge in [-0.15, -0.1) is 11.3 Å². The van der Waals surface area contributed by atoms with E-state index in [1.807, 2.05) is 31.2 Å². The zero-order valence-electron chi connectivity index (χ0n) is 17.3. The molecule has 4 aromatic rings. The summed E-state index contributed by atoms with van der Waals surface area (Å²) in [5.74, 6) is -2.36. The van der Waals surface area contributed by atoms with Crippen molar-refractivity contribution in [3.63, 3.8) is 0 Å². The molecule has 0 atom stereocenters. The molecule has 7 nitrogen and oxygen atoms in total. The Balaban J connectivity index is 1.44. The zero-order chi connectivity index (χ0) is 22.7. The summed E-state index contributed by atoms with van der Waals surface area (Å²) in [6, 6.07) is 19.5. The molecule has 3 aromatic carbocycles. The highest BCUT2D eigenvalue weighted by atomic mass is 32.1. The molecule has 0 bridgehead atoms. The van der Waals surface area contributed by atoms with Gasteiger partial charge in [0.25, 0.3) is 0 Å². The van der Waals surface area contributed by atoms with Crippen molar-refractivity contribution in [3.8, 4) is 10.6 Å². The standard InChI is InChI=1S/C24H19N3O4S/c1-14-7-12-19-20(13-14)32-23(27-19)15-8-10-16(11-9-15)25-21(28)22(29)26-18-6-4-3-5-17(18)24(30)31-2/h3-13H,1-2H3,(H,25,28)(H,26,29). The summed E-state index contributed by atoms with van der Waals surface area (Å²) in [6.07, 6.45) is 0. The molecule has 2 N–H and O–H groups in total. The van der Waals surface area contributed by atoms with E-state index < -0.39 is 17.8 Å². The van der Waals surface area contributed by atoms with Crippen LogP contribution in [0.15, 0.2) is 66.7 Å². The number of nitrogens with one attached hydrogen (secondary N) is 2. The van der Waals surface area contributed by atoms with Crippen molar-refractivity contribution in [2.24, 2.45) is 0 Å². The minimum Gasteiger partial charge on any atom is -0.465 e. The number of nitrogens with zero attached hydrogens (tertiary/aromatic N) is 1. The van der Waals surface area contributed by atoms with Gasteiger partial charge >= 0.3 is 17.8 Å². The van der Waals surface area contributed by atoms with Gasteiger partial charge < -0.3 is 15.4 Å². The quantitative estimate of drug-likeness (QED) is 0.352. The summed E-state index contributed by atoms with van der Waals surface area (Å²) in [4.78, 5) is 41.1. The van der Waals surface area contributed by atoms with Crippen molar-refractivity contribution in [1.82, 2.24) is 4.98 Å². The van der Waals surface area contributed by atoms with Crippen molar-refractivity contribution in [3.05, 3.63) is 77.9 Å². The number of benzene rings is 3. The number of rotatable bonds is 4. The Labute approximate surface area is 188 Å². The molecule has 2 amide bonds. The molecule has 8 heteroatoms. The number of aromatic nitrogens is 1. The first-order valence-electron chi connectivity index (χ1n) is 9.72. The monoisotopic (exact) mass is 445 g/mol. The Morgan fingerprint density at radius 2 is 1.62 bits per heavy atom. The summed E-state index contributed by atoms with van der Waals surface area (Å²) in [7, 11) is 1.24. The fourth-order valence-electron chi connectivity index (χ4n) is 3.10. The minimum absolute atomic E-state index is 0.159. The zero-order valence-corrected chi connectivity index (χ0v) is 18.2. The lowest BCUT2D eigenvalue weighted by molar-refractivity contribution is -0.133. The predicted molar refractivity (Wildman–Crippen MR) is 125 cm³/mol. The molecule has 32 heavy (non-hydrogen) atoms. The fraction of sp³-hybridized carbons (Fsp3) is 0.0833. The van der Waals surface area contributed by atoms with E-state index >= 15 is 0 Å².